The zero-order chi connectivity index (χ0) is 21.3. The fourth-order valence-corrected chi connectivity index (χ4v) is 3.83. The molecule has 2 atom stereocenters. The number of ether oxygens (including phenoxy) is 2. The Hall–Kier alpha value is -3.07. The van der Waals surface area contributed by atoms with E-state index in [4.69, 9.17) is 9.47 Å². The fraction of sp³-hybridized carbons (Fsp3) is 0.286. The first-order valence-corrected chi connectivity index (χ1v) is 10.2. The van der Waals surface area contributed by atoms with Gasteiger partial charge in [0.05, 0.1) is 6.54 Å². The predicted octanol–water partition coefficient (Wildman–Crippen LogP) is 2.17. The second-order valence-corrected chi connectivity index (χ2v) is 8.17. The number of nitrogens with zero attached hydrogens (tertiary/aromatic N) is 1. The molecule has 8 nitrogen and oxygen atoms in total. The second-order valence-electron chi connectivity index (χ2n) is 7.26. The zero-order valence-electron chi connectivity index (χ0n) is 16.2. The third-order valence-corrected chi connectivity index (χ3v) is 5.57. The second kappa shape index (κ2) is 7.98. The van der Waals surface area contributed by atoms with Crippen LogP contribution in [0.2, 0.25) is 0 Å². The van der Waals surface area contributed by atoms with Crippen LogP contribution >= 0.6 is 15.9 Å². The first kappa shape index (κ1) is 20.2. The summed E-state index contributed by atoms with van der Waals surface area (Å²) in [6.45, 7) is 1.73. The van der Waals surface area contributed by atoms with Crippen LogP contribution in [0.4, 0.5) is 4.79 Å². The Kier molecular flexibility index (Phi) is 5.38. The van der Waals surface area contributed by atoms with Gasteiger partial charge in [-0.3, -0.25) is 14.5 Å². The van der Waals surface area contributed by atoms with Gasteiger partial charge in [-0.2, -0.15) is 0 Å². The first-order chi connectivity index (χ1) is 14.4. The summed E-state index contributed by atoms with van der Waals surface area (Å²) in [5.74, 6) is 0.333. The number of carbonyl (C=O) groups excluding carboxylic acids is 3. The molecule has 0 spiro atoms. The Morgan fingerprint density at radius 1 is 1.23 bits per heavy atom. The summed E-state index contributed by atoms with van der Waals surface area (Å²) in [5, 5.41) is 5.39. The zero-order valence-corrected chi connectivity index (χ0v) is 17.8. The highest BCUT2D eigenvalue weighted by Crippen LogP contribution is 2.31. The molecule has 0 aromatic heterocycles. The number of carbonyl (C=O) groups is 3. The number of hydrogen-bond donors (Lipinski definition) is 2. The number of nitrogens with one attached hydrogen (secondary N) is 2. The van der Waals surface area contributed by atoms with Crippen LogP contribution in [0.15, 0.2) is 53.0 Å². The quantitative estimate of drug-likeness (QED) is 0.648. The van der Waals surface area contributed by atoms with E-state index in [0.717, 1.165) is 9.37 Å². The fourth-order valence-electron chi connectivity index (χ4n) is 3.43. The average Bonchev–Trinajstić information content (AvgIpc) is 2.96. The molecule has 0 saturated carbocycles. The largest absolute Gasteiger partial charge is 0.486 e. The van der Waals surface area contributed by atoms with Gasteiger partial charge in [-0.05, 0) is 36.8 Å². The van der Waals surface area contributed by atoms with Crippen molar-refractivity contribution in [1.29, 1.82) is 0 Å². The highest BCUT2D eigenvalue weighted by molar-refractivity contribution is 9.10. The number of amides is 4. The van der Waals surface area contributed by atoms with E-state index >= 15 is 0 Å². The van der Waals surface area contributed by atoms with Crippen molar-refractivity contribution in [2.45, 2.75) is 18.6 Å². The normalized spacial score (nSPS) is 22.6. The lowest BCUT2D eigenvalue weighted by molar-refractivity contribution is -0.134. The average molecular weight is 474 g/mol. The lowest BCUT2D eigenvalue weighted by atomic mass is 9.92. The van der Waals surface area contributed by atoms with Gasteiger partial charge >= 0.3 is 6.03 Å². The third-order valence-electron chi connectivity index (χ3n) is 5.07. The molecule has 4 rings (SSSR count). The monoisotopic (exact) mass is 473 g/mol. The van der Waals surface area contributed by atoms with Crippen molar-refractivity contribution in [2.75, 3.05) is 19.7 Å². The number of urea groups is 1. The van der Waals surface area contributed by atoms with Crippen molar-refractivity contribution >= 4 is 33.8 Å². The molecule has 2 aliphatic heterocycles. The molecule has 2 aromatic rings. The molecule has 0 bridgehead atoms. The molecule has 1 fully saturated rings. The standard InChI is InChI=1S/C21H20BrN3O5/c1-21(13-5-4-6-14(22)9-13)19(27)25(20(28)24-21)11-18(26)23-10-15-12-29-16-7-2-3-8-17(16)30-15/h2-9,15H,10-12H2,1H3,(H,23,26)(H,24,28)/t15-,21+/m0/s1. The molecule has 9 heteroatoms. The number of hydrogen-bond acceptors (Lipinski definition) is 5. The molecule has 0 radical (unpaired) electrons. The van der Waals surface area contributed by atoms with Crippen LogP contribution in [-0.4, -0.2) is 48.5 Å². The lowest BCUT2D eigenvalue weighted by Crippen LogP contribution is -2.46. The van der Waals surface area contributed by atoms with E-state index in [1.54, 1.807) is 31.2 Å². The highest BCUT2D eigenvalue weighted by atomic mass is 79.9. The van der Waals surface area contributed by atoms with E-state index in [1.165, 1.54) is 0 Å². The SMILES string of the molecule is C[C@]1(c2cccc(Br)c2)NC(=O)N(CC(=O)NC[C@H]2COc3ccccc3O2)C1=O. The number of fused-ring (bicyclic) bond motifs is 1. The summed E-state index contributed by atoms with van der Waals surface area (Å²) in [7, 11) is 0. The molecular weight excluding hydrogens is 454 g/mol. The predicted molar refractivity (Wildman–Crippen MR) is 111 cm³/mol. The molecule has 2 N–H and O–H groups in total. The number of imide groups is 1. The van der Waals surface area contributed by atoms with Crippen LogP contribution in [0.5, 0.6) is 11.5 Å². The van der Waals surface area contributed by atoms with Crippen molar-refractivity contribution in [3.63, 3.8) is 0 Å². The van der Waals surface area contributed by atoms with Gasteiger partial charge < -0.3 is 20.1 Å². The van der Waals surface area contributed by atoms with Gasteiger partial charge in [-0.1, -0.05) is 40.2 Å². The number of halogens is 1. The smallest absolute Gasteiger partial charge is 0.325 e. The third kappa shape index (κ3) is 3.85. The van der Waals surface area contributed by atoms with Gasteiger partial charge in [0.25, 0.3) is 5.91 Å². The van der Waals surface area contributed by atoms with Gasteiger partial charge in [-0.25, -0.2) is 4.79 Å². The van der Waals surface area contributed by atoms with Gasteiger partial charge in [0.1, 0.15) is 24.8 Å². The van der Waals surface area contributed by atoms with Gasteiger partial charge in [-0.15, -0.1) is 0 Å². The van der Waals surface area contributed by atoms with Gasteiger partial charge in [0, 0.05) is 4.47 Å². The summed E-state index contributed by atoms with van der Waals surface area (Å²) in [6.07, 6.45) is -0.362. The number of benzene rings is 2. The Labute approximate surface area is 181 Å². The topological polar surface area (TPSA) is 97.0 Å². The molecule has 1 saturated heterocycles. The molecule has 2 aliphatic rings. The summed E-state index contributed by atoms with van der Waals surface area (Å²) in [4.78, 5) is 38.6. The maximum atomic E-state index is 12.9. The van der Waals surface area contributed by atoms with Gasteiger partial charge in [0.15, 0.2) is 11.5 Å². The summed E-state index contributed by atoms with van der Waals surface area (Å²) in [6, 6.07) is 13.8. The van der Waals surface area contributed by atoms with Crippen molar-refractivity contribution < 1.29 is 23.9 Å². The molecule has 156 valence electrons. The van der Waals surface area contributed by atoms with Crippen LogP contribution in [0.3, 0.4) is 0 Å². The Balaban J connectivity index is 1.36. The molecular formula is C21H20BrN3O5. The van der Waals surface area contributed by atoms with Crippen molar-refractivity contribution in [2.24, 2.45) is 0 Å². The maximum absolute atomic E-state index is 12.9. The van der Waals surface area contributed by atoms with Crippen LogP contribution in [0, 0.1) is 0 Å². The Morgan fingerprint density at radius 2 is 2.00 bits per heavy atom. The van der Waals surface area contributed by atoms with Crippen molar-refractivity contribution in [3.8, 4) is 11.5 Å². The first-order valence-electron chi connectivity index (χ1n) is 9.42. The van der Waals surface area contributed by atoms with E-state index in [9.17, 15) is 14.4 Å². The van der Waals surface area contributed by atoms with E-state index in [-0.39, 0.29) is 19.2 Å². The van der Waals surface area contributed by atoms with E-state index in [0.29, 0.717) is 23.7 Å². The number of rotatable bonds is 5. The van der Waals surface area contributed by atoms with E-state index in [2.05, 4.69) is 26.6 Å². The van der Waals surface area contributed by atoms with Crippen molar-refractivity contribution in [3.05, 3.63) is 58.6 Å². The van der Waals surface area contributed by atoms with Crippen LogP contribution < -0.4 is 20.1 Å². The molecule has 0 unspecified atom stereocenters. The lowest BCUT2D eigenvalue weighted by Gasteiger charge is -2.26. The minimum Gasteiger partial charge on any atom is -0.486 e. The van der Waals surface area contributed by atoms with E-state index in [1.807, 2.05) is 24.3 Å². The Bertz CT molecular complexity index is 1010. The molecule has 4 amide bonds. The molecule has 0 aliphatic carbocycles. The molecule has 2 heterocycles. The van der Waals surface area contributed by atoms with Crippen molar-refractivity contribution in [1.82, 2.24) is 15.5 Å². The highest BCUT2D eigenvalue weighted by Gasteiger charge is 2.49. The molecule has 2 aromatic carbocycles. The Morgan fingerprint density at radius 3 is 2.77 bits per heavy atom. The van der Waals surface area contributed by atoms with Crippen LogP contribution in [0.1, 0.15) is 12.5 Å². The van der Waals surface area contributed by atoms with Gasteiger partial charge in [0.2, 0.25) is 5.91 Å². The van der Waals surface area contributed by atoms with E-state index < -0.39 is 23.4 Å². The molecule has 30 heavy (non-hydrogen) atoms. The summed E-state index contributed by atoms with van der Waals surface area (Å²) < 4.78 is 12.2. The summed E-state index contributed by atoms with van der Waals surface area (Å²) in [5.41, 5.74) is -0.602. The minimum atomic E-state index is -1.23. The summed E-state index contributed by atoms with van der Waals surface area (Å²) >= 11 is 3.37. The maximum Gasteiger partial charge on any atom is 0.325 e. The van der Waals surface area contributed by atoms with Crippen LogP contribution in [-0.2, 0) is 15.1 Å². The van der Waals surface area contributed by atoms with Crippen LogP contribution in [0.25, 0.3) is 0 Å². The minimum absolute atomic E-state index is 0.194. The number of para-hydroxylation sites is 2.